The molecule has 0 bridgehead atoms. The largest absolute Gasteiger partial charge is 0.481 e. The van der Waals surface area contributed by atoms with E-state index in [1.165, 1.54) is 6.08 Å². The van der Waals surface area contributed by atoms with Gasteiger partial charge in [-0.25, -0.2) is 0 Å². The van der Waals surface area contributed by atoms with Gasteiger partial charge in [-0.2, -0.15) is 0 Å². The molecule has 0 aliphatic carbocycles. The van der Waals surface area contributed by atoms with Crippen molar-refractivity contribution in [3.05, 3.63) is 25.3 Å². The van der Waals surface area contributed by atoms with E-state index >= 15 is 0 Å². The predicted molar refractivity (Wildman–Crippen MR) is 52.9 cm³/mol. The summed E-state index contributed by atoms with van der Waals surface area (Å²) in [5.74, 6) is -3.68. The summed E-state index contributed by atoms with van der Waals surface area (Å²) < 4.78 is 4.64. The average Bonchev–Trinajstić information content (AvgIpc) is 2.15. The van der Waals surface area contributed by atoms with E-state index in [-0.39, 0.29) is 19.3 Å². The van der Waals surface area contributed by atoms with E-state index in [1.54, 1.807) is 0 Å². The first-order chi connectivity index (χ1) is 6.93. The molecule has 1 atom stereocenters. The van der Waals surface area contributed by atoms with Crippen molar-refractivity contribution < 1.29 is 24.5 Å². The number of carbonyl (C=O) groups excluding carboxylic acids is 1. The smallest absolute Gasteiger partial charge is 0.309 e. The number of carboxylic acids is 1. The van der Waals surface area contributed by atoms with E-state index in [0.717, 1.165) is 6.08 Å². The summed E-state index contributed by atoms with van der Waals surface area (Å²) in [4.78, 5) is 21.2. The van der Waals surface area contributed by atoms with Gasteiger partial charge < -0.3 is 14.9 Å². The molecule has 1 unspecified atom stereocenters. The number of aliphatic hydroxyl groups is 1. The van der Waals surface area contributed by atoms with Crippen molar-refractivity contribution in [3.8, 4) is 0 Å². The highest BCUT2D eigenvalue weighted by atomic mass is 16.7. The van der Waals surface area contributed by atoms with Crippen molar-refractivity contribution in [3.63, 3.8) is 0 Å². The average molecular weight is 214 g/mol. The molecule has 0 aromatic rings. The molecule has 0 saturated heterocycles. The molecule has 0 spiro atoms. The number of esters is 1. The first-order valence-corrected chi connectivity index (χ1v) is 4.34. The maximum absolute atomic E-state index is 11.1. The number of hydrogen-bond donors (Lipinski definition) is 2. The molecular formula is C10H14O5. The Balaban J connectivity index is 4.17. The lowest BCUT2D eigenvalue weighted by molar-refractivity contribution is -0.190. The molecule has 0 fully saturated rings. The van der Waals surface area contributed by atoms with Gasteiger partial charge in [0.2, 0.25) is 5.79 Å². The van der Waals surface area contributed by atoms with Crippen molar-refractivity contribution in [2.75, 3.05) is 0 Å². The molecule has 84 valence electrons. The fourth-order valence-electron chi connectivity index (χ4n) is 0.831. The van der Waals surface area contributed by atoms with Crippen molar-refractivity contribution in [2.45, 2.75) is 25.0 Å². The minimum absolute atomic E-state index is 0.00924. The molecule has 0 aliphatic heterocycles. The van der Waals surface area contributed by atoms with Gasteiger partial charge in [0.15, 0.2) is 0 Å². The van der Waals surface area contributed by atoms with E-state index < -0.39 is 17.7 Å². The maximum Gasteiger partial charge on any atom is 0.309 e. The monoisotopic (exact) mass is 214 g/mol. The molecule has 0 aliphatic rings. The Labute approximate surface area is 87.7 Å². The molecule has 0 saturated carbocycles. The van der Waals surface area contributed by atoms with Crippen LogP contribution in [-0.2, 0) is 14.3 Å². The van der Waals surface area contributed by atoms with Crippen LogP contribution in [-0.4, -0.2) is 27.9 Å². The Morgan fingerprint density at radius 2 is 1.93 bits per heavy atom. The van der Waals surface area contributed by atoms with Crippen LogP contribution in [0, 0.1) is 0 Å². The van der Waals surface area contributed by atoms with E-state index in [1.807, 2.05) is 0 Å². The highest BCUT2D eigenvalue weighted by Gasteiger charge is 2.26. The summed E-state index contributed by atoms with van der Waals surface area (Å²) in [6.07, 6.45) is 1.82. The third kappa shape index (κ3) is 5.64. The first kappa shape index (κ1) is 13.4. The molecular weight excluding hydrogens is 200 g/mol. The summed E-state index contributed by atoms with van der Waals surface area (Å²) in [5.41, 5.74) is 0. The highest BCUT2D eigenvalue weighted by Crippen LogP contribution is 2.15. The Morgan fingerprint density at radius 3 is 2.33 bits per heavy atom. The van der Waals surface area contributed by atoms with Gasteiger partial charge in [0, 0.05) is 6.42 Å². The summed E-state index contributed by atoms with van der Waals surface area (Å²) in [5, 5.41) is 17.9. The summed E-state index contributed by atoms with van der Waals surface area (Å²) in [6.45, 7) is 6.69. The van der Waals surface area contributed by atoms with Gasteiger partial charge in [-0.05, 0) is 6.08 Å². The van der Waals surface area contributed by atoms with Crippen molar-refractivity contribution in [1.82, 2.24) is 0 Å². The first-order valence-electron chi connectivity index (χ1n) is 4.34. The van der Waals surface area contributed by atoms with Crippen LogP contribution in [0.25, 0.3) is 0 Å². The lowest BCUT2D eigenvalue weighted by Crippen LogP contribution is -2.32. The zero-order valence-electron chi connectivity index (χ0n) is 8.31. The zero-order valence-corrected chi connectivity index (χ0v) is 8.31. The van der Waals surface area contributed by atoms with E-state index in [0.29, 0.717) is 0 Å². The van der Waals surface area contributed by atoms with Crippen LogP contribution in [0.4, 0.5) is 0 Å². The minimum Gasteiger partial charge on any atom is -0.481 e. The summed E-state index contributed by atoms with van der Waals surface area (Å²) >= 11 is 0. The normalized spacial score (nSPS) is 13.7. The van der Waals surface area contributed by atoms with Gasteiger partial charge >= 0.3 is 11.9 Å². The highest BCUT2D eigenvalue weighted by molar-refractivity contribution is 5.76. The van der Waals surface area contributed by atoms with Crippen molar-refractivity contribution in [2.24, 2.45) is 0 Å². The summed E-state index contributed by atoms with van der Waals surface area (Å²) in [7, 11) is 0. The van der Waals surface area contributed by atoms with Gasteiger partial charge in [-0.15, -0.1) is 6.58 Å². The topological polar surface area (TPSA) is 83.8 Å². The van der Waals surface area contributed by atoms with Crippen LogP contribution in [0.1, 0.15) is 19.3 Å². The van der Waals surface area contributed by atoms with E-state index in [9.17, 15) is 14.7 Å². The maximum atomic E-state index is 11.1. The second kappa shape index (κ2) is 5.98. The van der Waals surface area contributed by atoms with Crippen LogP contribution in [0.3, 0.4) is 0 Å². The molecule has 15 heavy (non-hydrogen) atoms. The molecule has 0 heterocycles. The number of rotatable bonds is 7. The van der Waals surface area contributed by atoms with Crippen LogP contribution < -0.4 is 0 Å². The quantitative estimate of drug-likeness (QED) is 0.373. The minimum atomic E-state index is -1.79. The second-order valence-electron chi connectivity index (χ2n) is 2.91. The molecule has 0 radical (unpaired) electrons. The lowest BCUT2D eigenvalue weighted by atomic mass is 10.2. The van der Waals surface area contributed by atoms with Crippen LogP contribution >= 0.6 is 0 Å². The van der Waals surface area contributed by atoms with Crippen molar-refractivity contribution in [1.29, 1.82) is 0 Å². The van der Waals surface area contributed by atoms with Gasteiger partial charge in [0.05, 0.1) is 12.8 Å². The van der Waals surface area contributed by atoms with Gasteiger partial charge in [0.25, 0.3) is 0 Å². The number of hydrogen-bond acceptors (Lipinski definition) is 4. The second-order valence-corrected chi connectivity index (χ2v) is 2.91. The van der Waals surface area contributed by atoms with Gasteiger partial charge in [-0.3, -0.25) is 9.59 Å². The molecule has 0 aromatic heterocycles. The third-order valence-electron chi connectivity index (χ3n) is 1.59. The molecule has 0 amide bonds. The summed E-state index contributed by atoms with van der Waals surface area (Å²) in [6, 6.07) is 0. The van der Waals surface area contributed by atoms with E-state index in [2.05, 4.69) is 17.9 Å². The third-order valence-corrected chi connectivity index (χ3v) is 1.59. The number of carbonyl (C=O) groups is 2. The zero-order chi connectivity index (χ0) is 11.9. The van der Waals surface area contributed by atoms with Crippen molar-refractivity contribution >= 4 is 11.9 Å². The van der Waals surface area contributed by atoms with Gasteiger partial charge in [-0.1, -0.05) is 12.7 Å². The van der Waals surface area contributed by atoms with Crippen LogP contribution in [0.5, 0.6) is 0 Å². The standard InChI is InChI=1S/C10H14O5/c1-3-7-10(14,4-2)15-9(13)6-5-8(11)12/h3-4,14H,1-2,5-7H2,(H,11,12). The Hall–Kier alpha value is -1.62. The lowest BCUT2D eigenvalue weighted by Gasteiger charge is -2.22. The molecule has 5 nitrogen and oxygen atoms in total. The number of aliphatic carboxylic acids is 1. The predicted octanol–water partition coefficient (Wildman–Crippen LogP) is 0.845. The molecule has 0 rings (SSSR count). The number of carboxylic acid groups (broad SMARTS) is 1. The fourth-order valence-corrected chi connectivity index (χ4v) is 0.831. The fraction of sp³-hybridized carbons (Fsp3) is 0.400. The SMILES string of the molecule is C=CCC(O)(C=C)OC(=O)CCC(=O)O. The van der Waals surface area contributed by atoms with Crippen LogP contribution in [0.2, 0.25) is 0 Å². The Kier molecular flexibility index (Phi) is 5.33. The molecule has 0 aromatic carbocycles. The van der Waals surface area contributed by atoms with E-state index in [4.69, 9.17) is 5.11 Å². The number of ether oxygens (including phenoxy) is 1. The Bertz CT molecular complexity index is 271. The van der Waals surface area contributed by atoms with Crippen LogP contribution in [0.15, 0.2) is 25.3 Å². The van der Waals surface area contributed by atoms with Gasteiger partial charge in [0.1, 0.15) is 0 Å². The Morgan fingerprint density at radius 1 is 1.33 bits per heavy atom. The molecule has 2 N–H and O–H groups in total. The molecule has 5 heteroatoms.